The van der Waals surface area contributed by atoms with E-state index in [9.17, 15) is 4.79 Å². The SMILES string of the molecule is CCC(CC)c1cc(C)n2nc(-c3ccc(Cn4ccnc4)cc3C)n(C)c(=O)c12. The summed E-state index contributed by atoms with van der Waals surface area (Å²) >= 11 is 0. The Morgan fingerprint density at radius 1 is 1.10 bits per heavy atom. The standard InChI is InChI=1S/C24H29N5O/c1-6-19(7-2)21-13-17(4)29-22(21)24(30)27(5)23(26-29)20-9-8-18(12-16(20)3)14-28-11-10-25-15-28/h8-13,15,19H,6-7,14H2,1-5H3. The monoisotopic (exact) mass is 403 g/mol. The number of fused-ring (bicyclic) bond motifs is 1. The highest BCUT2D eigenvalue weighted by Crippen LogP contribution is 2.29. The maximum Gasteiger partial charge on any atom is 0.278 e. The van der Waals surface area contributed by atoms with Gasteiger partial charge in [0.1, 0.15) is 5.52 Å². The number of hydrogen-bond donors (Lipinski definition) is 0. The van der Waals surface area contributed by atoms with Crippen LogP contribution in [0.2, 0.25) is 0 Å². The highest BCUT2D eigenvalue weighted by atomic mass is 16.1. The van der Waals surface area contributed by atoms with Crippen molar-refractivity contribution in [2.75, 3.05) is 0 Å². The maximum absolute atomic E-state index is 13.4. The Labute approximate surface area is 176 Å². The number of rotatable bonds is 6. The molecule has 0 radical (unpaired) electrons. The largest absolute Gasteiger partial charge is 0.333 e. The van der Waals surface area contributed by atoms with E-state index in [1.807, 2.05) is 35.6 Å². The predicted octanol–water partition coefficient (Wildman–Crippen LogP) is 4.47. The molecule has 4 aromatic rings. The first-order valence-corrected chi connectivity index (χ1v) is 10.6. The Morgan fingerprint density at radius 3 is 2.50 bits per heavy atom. The lowest BCUT2D eigenvalue weighted by Gasteiger charge is -2.15. The van der Waals surface area contributed by atoms with Crippen molar-refractivity contribution in [2.24, 2.45) is 7.05 Å². The van der Waals surface area contributed by atoms with Crippen LogP contribution in [-0.4, -0.2) is 23.7 Å². The molecule has 156 valence electrons. The number of benzene rings is 1. The van der Waals surface area contributed by atoms with E-state index >= 15 is 0 Å². The van der Waals surface area contributed by atoms with Gasteiger partial charge in [-0.2, -0.15) is 0 Å². The Bertz CT molecular complexity index is 1240. The molecular formula is C24H29N5O. The molecule has 1 aromatic carbocycles. The third kappa shape index (κ3) is 3.36. The average molecular weight is 404 g/mol. The highest BCUT2D eigenvalue weighted by molar-refractivity contribution is 5.64. The van der Waals surface area contributed by atoms with Crippen LogP contribution >= 0.6 is 0 Å². The fourth-order valence-electron chi connectivity index (χ4n) is 4.35. The quantitative estimate of drug-likeness (QED) is 0.477. The molecule has 0 unspecified atom stereocenters. The van der Waals surface area contributed by atoms with Gasteiger partial charge in [-0.15, -0.1) is 5.10 Å². The van der Waals surface area contributed by atoms with Gasteiger partial charge in [0.15, 0.2) is 5.82 Å². The van der Waals surface area contributed by atoms with Crippen molar-refractivity contribution in [1.82, 2.24) is 23.7 Å². The van der Waals surface area contributed by atoms with E-state index in [1.165, 1.54) is 5.56 Å². The van der Waals surface area contributed by atoms with Crippen LogP contribution in [0.3, 0.4) is 0 Å². The summed E-state index contributed by atoms with van der Waals surface area (Å²) in [5.41, 5.74) is 6.10. The molecule has 4 rings (SSSR count). The van der Waals surface area contributed by atoms with Gasteiger partial charge in [-0.25, -0.2) is 9.50 Å². The molecule has 30 heavy (non-hydrogen) atoms. The lowest BCUT2D eigenvalue weighted by Crippen LogP contribution is -2.24. The molecule has 0 aliphatic heterocycles. The Hall–Kier alpha value is -3.15. The van der Waals surface area contributed by atoms with Gasteiger partial charge in [-0.1, -0.05) is 32.0 Å². The summed E-state index contributed by atoms with van der Waals surface area (Å²) in [4.78, 5) is 17.5. The molecule has 0 N–H and O–H groups in total. The summed E-state index contributed by atoms with van der Waals surface area (Å²) in [6, 6.07) is 8.45. The number of hydrogen-bond acceptors (Lipinski definition) is 3. The minimum absolute atomic E-state index is 0.0110. The summed E-state index contributed by atoms with van der Waals surface area (Å²) < 4.78 is 5.57. The molecule has 3 heterocycles. The highest BCUT2D eigenvalue weighted by Gasteiger charge is 2.21. The molecule has 6 heteroatoms. The topological polar surface area (TPSA) is 57.1 Å². The first kappa shape index (κ1) is 20.1. The van der Waals surface area contributed by atoms with E-state index in [4.69, 9.17) is 5.10 Å². The summed E-state index contributed by atoms with van der Waals surface area (Å²) in [6.45, 7) is 9.21. The molecular weight excluding hydrogens is 374 g/mol. The van der Waals surface area contributed by atoms with Crippen molar-refractivity contribution < 1.29 is 0 Å². The van der Waals surface area contributed by atoms with Crippen molar-refractivity contribution in [1.29, 1.82) is 0 Å². The van der Waals surface area contributed by atoms with Crippen molar-refractivity contribution in [2.45, 2.75) is 53.0 Å². The van der Waals surface area contributed by atoms with Gasteiger partial charge in [0.2, 0.25) is 0 Å². The second-order valence-electron chi connectivity index (χ2n) is 8.09. The summed E-state index contributed by atoms with van der Waals surface area (Å²) in [6.07, 6.45) is 7.57. The van der Waals surface area contributed by atoms with Crippen LogP contribution in [-0.2, 0) is 13.6 Å². The van der Waals surface area contributed by atoms with Gasteiger partial charge in [0, 0.05) is 37.2 Å². The molecule has 0 aliphatic carbocycles. The Balaban J connectivity index is 1.83. The summed E-state index contributed by atoms with van der Waals surface area (Å²) in [5.74, 6) is 1.06. The zero-order chi connectivity index (χ0) is 21.4. The van der Waals surface area contributed by atoms with Crippen molar-refractivity contribution in [3.8, 4) is 11.4 Å². The van der Waals surface area contributed by atoms with Gasteiger partial charge >= 0.3 is 0 Å². The second-order valence-corrected chi connectivity index (χ2v) is 8.09. The van der Waals surface area contributed by atoms with Gasteiger partial charge in [-0.05, 0) is 55.4 Å². The molecule has 0 spiro atoms. The third-order valence-electron chi connectivity index (χ3n) is 6.08. The smallest absolute Gasteiger partial charge is 0.278 e. The first-order chi connectivity index (χ1) is 14.4. The fraction of sp³-hybridized carbons (Fsp3) is 0.375. The third-order valence-corrected chi connectivity index (χ3v) is 6.08. The summed E-state index contributed by atoms with van der Waals surface area (Å²) in [7, 11) is 1.82. The molecule has 0 aliphatic rings. The molecule has 6 nitrogen and oxygen atoms in total. The van der Waals surface area contributed by atoms with Gasteiger partial charge in [0.25, 0.3) is 5.56 Å². The Kier molecular flexibility index (Phi) is 5.33. The first-order valence-electron chi connectivity index (χ1n) is 10.6. The minimum Gasteiger partial charge on any atom is -0.333 e. The molecule has 0 saturated carbocycles. The lowest BCUT2D eigenvalue weighted by molar-refractivity contribution is 0.644. The van der Waals surface area contributed by atoms with E-state index in [1.54, 1.807) is 10.8 Å². The van der Waals surface area contributed by atoms with Crippen LogP contribution in [0.15, 0.2) is 47.8 Å². The van der Waals surface area contributed by atoms with Crippen LogP contribution in [0.4, 0.5) is 0 Å². The molecule has 0 bridgehead atoms. The molecule has 3 aromatic heterocycles. The van der Waals surface area contributed by atoms with Crippen LogP contribution in [0, 0.1) is 13.8 Å². The van der Waals surface area contributed by atoms with E-state index in [2.05, 4.69) is 50.0 Å². The van der Waals surface area contributed by atoms with E-state index in [-0.39, 0.29) is 5.56 Å². The van der Waals surface area contributed by atoms with Crippen LogP contribution in [0.1, 0.15) is 55.0 Å². The average Bonchev–Trinajstić information content (AvgIpc) is 3.34. The van der Waals surface area contributed by atoms with Crippen LogP contribution < -0.4 is 5.56 Å². The number of nitrogens with zero attached hydrogens (tertiary/aromatic N) is 5. The zero-order valence-electron chi connectivity index (χ0n) is 18.4. The summed E-state index contributed by atoms with van der Waals surface area (Å²) in [5, 5.41) is 4.91. The Morgan fingerprint density at radius 2 is 1.87 bits per heavy atom. The minimum atomic E-state index is 0.0110. The van der Waals surface area contributed by atoms with Crippen molar-refractivity contribution in [3.05, 3.63) is 75.7 Å². The van der Waals surface area contributed by atoms with Gasteiger partial charge in [-0.3, -0.25) is 9.36 Å². The molecule has 0 saturated heterocycles. The van der Waals surface area contributed by atoms with Crippen LogP contribution in [0.5, 0.6) is 0 Å². The predicted molar refractivity (Wildman–Crippen MR) is 120 cm³/mol. The molecule has 0 amide bonds. The van der Waals surface area contributed by atoms with Gasteiger partial charge in [0.05, 0.1) is 6.33 Å². The fourth-order valence-corrected chi connectivity index (χ4v) is 4.35. The van der Waals surface area contributed by atoms with E-state index in [0.29, 0.717) is 17.3 Å². The molecule has 0 fully saturated rings. The van der Waals surface area contributed by atoms with E-state index < -0.39 is 0 Å². The van der Waals surface area contributed by atoms with Crippen LogP contribution in [0.25, 0.3) is 16.9 Å². The number of aryl methyl sites for hydroxylation is 2. The second kappa shape index (κ2) is 7.94. The lowest BCUT2D eigenvalue weighted by atomic mass is 9.95. The van der Waals surface area contributed by atoms with E-state index in [0.717, 1.165) is 41.8 Å². The number of aromatic nitrogens is 5. The maximum atomic E-state index is 13.4. The number of imidazole rings is 1. The zero-order valence-corrected chi connectivity index (χ0v) is 18.4. The normalized spacial score (nSPS) is 11.7. The van der Waals surface area contributed by atoms with Gasteiger partial charge < -0.3 is 4.57 Å². The van der Waals surface area contributed by atoms with Crippen molar-refractivity contribution in [3.63, 3.8) is 0 Å². The molecule has 0 atom stereocenters. The van der Waals surface area contributed by atoms with Crippen molar-refractivity contribution >= 4 is 5.52 Å².